The maximum Gasteiger partial charge on any atom is 0.194 e. The highest BCUT2D eigenvalue weighted by Gasteiger charge is 2.28. The lowest BCUT2D eigenvalue weighted by Crippen LogP contribution is -2.46. The van der Waals surface area contributed by atoms with Crippen molar-refractivity contribution in [2.45, 2.75) is 58.0 Å². The molecule has 1 unspecified atom stereocenters. The lowest BCUT2D eigenvalue weighted by atomic mass is 9.96. The van der Waals surface area contributed by atoms with Crippen molar-refractivity contribution >= 4 is 29.9 Å². The van der Waals surface area contributed by atoms with Crippen LogP contribution in [0.2, 0.25) is 0 Å². The molecule has 0 radical (unpaired) electrons. The number of rotatable bonds is 5. The van der Waals surface area contributed by atoms with Crippen LogP contribution in [0.3, 0.4) is 0 Å². The highest BCUT2D eigenvalue weighted by atomic mass is 127. The number of halogens is 1. The summed E-state index contributed by atoms with van der Waals surface area (Å²) in [6.45, 7) is 9.83. The van der Waals surface area contributed by atoms with Crippen LogP contribution in [0, 0.1) is 12.8 Å². The van der Waals surface area contributed by atoms with Gasteiger partial charge in [-0.05, 0) is 32.1 Å². The van der Waals surface area contributed by atoms with Crippen LogP contribution in [0.15, 0.2) is 4.99 Å². The zero-order chi connectivity index (χ0) is 20.1. The van der Waals surface area contributed by atoms with E-state index in [1.54, 1.807) is 0 Å². The van der Waals surface area contributed by atoms with E-state index in [0.717, 1.165) is 57.0 Å². The molecule has 9 heteroatoms. The third-order valence-electron chi connectivity index (χ3n) is 6.70. The number of hydrogen-bond acceptors (Lipinski definition) is 5. The van der Waals surface area contributed by atoms with Gasteiger partial charge < -0.3 is 19.5 Å². The van der Waals surface area contributed by atoms with Crippen LogP contribution in [0.25, 0.3) is 0 Å². The highest BCUT2D eigenvalue weighted by Crippen LogP contribution is 2.21. The Labute approximate surface area is 197 Å². The van der Waals surface area contributed by atoms with E-state index in [-0.39, 0.29) is 24.0 Å². The zero-order valence-electron chi connectivity index (χ0n) is 18.6. The number of aliphatic imine (C=N–C) groups is 1. The lowest BCUT2D eigenvalue weighted by Gasteiger charge is -2.30. The third kappa shape index (κ3) is 6.29. The van der Waals surface area contributed by atoms with E-state index in [4.69, 9.17) is 9.73 Å². The summed E-state index contributed by atoms with van der Waals surface area (Å²) < 4.78 is 7.53. The van der Waals surface area contributed by atoms with Crippen molar-refractivity contribution in [3.8, 4) is 0 Å². The molecule has 0 bridgehead atoms. The van der Waals surface area contributed by atoms with E-state index in [0.29, 0.717) is 18.5 Å². The molecule has 170 valence electrons. The first kappa shape index (κ1) is 23.7. The maximum absolute atomic E-state index is 5.50. The molecule has 1 aromatic heterocycles. The van der Waals surface area contributed by atoms with Crippen molar-refractivity contribution in [1.29, 1.82) is 0 Å². The molecular formula is C21H38IN7O. The largest absolute Gasteiger partial charge is 0.379 e. The first-order valence-electron chi connectivity index (χ1n) is 11.4. The van der Waals surface area contributed by atoms with E-state index >= 15 is 0 Å². The highest BCUT2D eigenvalue weighted by molar-refractivity contribution is 14.0. The van der Waals surface area contributed by atoms with E-state index in [1.807, 2.05) is 18.5 Å². The Balaban J connectivity index is 0.00000256. The van der Waals surface area contributed by atoms with Crippen LogP contribution in [0.5, 0.6) is 0 Å². The van der Waals surface area contributed by atoms with Gasteiger partial charge in [0.15, 0.2) is 11.8 Å². The number of likely N-dealkylation sites (tertiary alicyclic amines) is 1. The predicted molar refractivity (Wildman–Crippen MR) is 129 cm³/mol. The Kier molecular flexibility index (Phi) is 9.18. The van der Waals surface area contributed by atoms with Crippen molar-refractivity contribution in [3.05, 3.63) is 11.6 Å². The van der Waals surface area contributed by atoms with Crippen molar-refractivity contribution in [1.82, 2.24) is 29.9 Å². The molecule has 3 fully saturated rings. The Morgan fingerprint density at radius 2 is 1.87 bits per heavy atom. The molecule has 1 aliphatic carbocycles. The average Bonchev–Trinajstić information content (AvgIpc) is 3.34. The Bertz CT molecular complexity index is 683. The summed E-state index contributed by atoms with van der Waals surface area (Å²) in [5, 5.41) is 12.3. The van der Waals surface area contributed by atoms with Crippen molar-refractivity contribution in [2.24, 2.45) is 18.0 Å². The summed E-state index contributed by atoms with van der Waals surface area (Å²) in [7, 11) is 2.02. The molecule has 3 aliphatic rings. The van der Waals surface area contributed by atoms with Gasteiger partial charge in [-0.15, -0.1) is 34.2 Å². The Morgan fingerprint density at radius 1 is 1.10 bits per heavy atom. The fraction of sp³-hybridized carbons (Fsp3) is 0.857. The third-order valence-corrected chi connectivity index (χ3v) is 6.70. The molecule has 1 aromatic rings. The van der Waals surface area contributed by atoms with Gasteiger partial charge in [-0.1, -0.05) is 19.3 Å². The summed E-state index contributed by atoms with van der Waals surface area (Å²) in [5.74, 6) is 3.64. The summed E-state index contributed by atoms with van der Waals surface area (Å²) in [5.41, 5.74) is 0. The molecule has 3 heterocycles. The molecule has 0 spiro atoms. The van der Waals surface area contributed by atoms with Gasteiger partial charge in [-0.25, -0.2) is 4.99 Å². The number of ether oxygens (including phenoxy) is 1. The summed E-state index contributed by atoms with van der Waals surface area (Å²) in [4.78, 5) is 10.0. The fourth-order valence-electron chi connectivity index (χ4n) is 4.72. The van der Waals surface area contributed by atoms with Gasteiger partial charge in [0.2, 0.25) is 0 Å². The number of aryl methyl sites for hydroxylation is 1. The van der Waals surface area contributed by atoms with Crippen LogP contribution in [-0.4, -0.2) is 82.5 Å². The minimum absolute atomic E-state index is 0. The summed E-state index contributed by atoms with van der Waals surface area (Å²) >= 11 is 0. The predicted octanol–water partition coefficient (Wildman–Crippen LogP) is 2.17. The first-order chi connectivity index (χ1) is 14.2. The van der Waals surface area contributed by atoms with E-state index < -0.39 is 0 Å². The van der Waals surface area contributed by atoms with Gasteiger partial charge in [0.05, 0.1) is 13.2 Å². The van der Waals surface area contributed by atoms with E-state index in [9.17, 15) is 0 Å². The second kappa shape index (κ2) is 11.6. The lowest BCUT2D eigenvalue weighted by molar-refractivity contribution is 0.0315. The normalized spacial score (nSPS) is 24.1. The van der Waals surface area contributed by atoms with Crippen LogP contribution >= 0.6 is 24.0 Å². The maximum atomic E-state index is 5.50. The molecule has 30 heavy (non-hydrogen) atoms. The number of nitrogens with one attached hydrogen (secondary N) is 1. The van der Waals surface area contributed by atoms with Gasteiger partial charge in [-0.3, -0.25) is 4.90 Å². The number of guanidine groups is 1. The first-order valence-corrected chi connectivity index (χ1v) is 11.4. The molecule has 2 saturated heterocycles. The van der Waals surface area contributed by atoms with Crippen LogP contribution in [0.1, 0.15) is 50.2 Å². The molecular weight excluding hydrogens is 493 g/mol. The molecule has 1 atom stereocenters. The van der Waals surface area contributed by atoms with Gasteiger partial charge in [-0.2, -0.15) is 0 Å². The number of morpholine rings is 1. The standard InChI is InChI=1S/C21H37N7O.HI/c1-17-24-25-20(26(17)2)14-22-21(23-19-6-4-3-5-7-19)28-9-8-18(16-28)15-27-10-12-29-13-11-27;/h18-19H,3-16H2,1-2H3,(H,22,23);1H. The zero-order valence-corrected chi connectivity index (χ0v) is 20.9. The molecule has 4 rings (SSSR count). The van der Waals surface area contributed by atoms with Crippen LogP contribution in [0.4, 0.5) is 0 Å². The fourth-order valence-corrected chi connectivity index (χ4v) is 4.72. The quantitative estimate of drug-likeness (QED) is 0.357. The van der Waals surface area contributed by atoms with Crippen molar-refractivity contribution < 1.29 is 4.74 Å². The van der Waals surface area contributed by atoms with Gasteiger partial charge in [0, 0.05) is 45.8 Å². The molecule has 1 saturated carbocycles. The van der Waals surface area contributed by atoms with Gasteiger partial charge >= 0.3 is 0 Å². The molecule has 1 N–H and O–H groups in total. The van der Waals surface area contributed by atoms with E-state index in [2.05, 4.69) is 25.3 Å². The van der Waals surface area contributed by atoms with Gasteiger partial charge in [0.25, 0.3) is 0 Å². The minimum atomic E-state index is 0. The number of nitrogens with zero attached hydrogens (tertiary/aromatic N) is 6. The van der Waals surface area contributed by atoms with Gasteiger partial charge in [0.1, 0.15) is 12.4 Å². The number of hydrogen-bond donors (Lipinski definition) is 1. The second-order valence-electron chi connectivity index (χ2n) is 8.86. The van der Waals surface area contributed by atoms with Crippen LogP contribution in [-0.2, 0) is 18.3 Å². The Morgan fingerprint density at radius 3 is 2.57 bits per heavy atom. The molecule has 8 nitrogen and oxygen atoms in total. The monoisotopic (exact) mass is 531 g/mol. The average molecular weight is 531 g/mol. The topological polar surface area (TPSA) is 70.8 Å². The molecule has 2 aliphatic heterocycles. The SMILES string of the molecule is Cc1nnc(CN=C(NC2CCCCC2)N2CCC(CN3CCOCC3)C2)n1C.I. The smallest absolute Gasteiger partial charge is 0.194 e. The van der Waals surface area contributed by atoms with Crippen molar-refractivity contribution in [2.75, 3.05) is 45.9 Å². The molecule has 0 aromatic carbocycles. The van der Waals surface area contributed by atoms with E-state index in [1.165, 1.54) is 45.1 Å². The summed E-state index contributed by atoms with van der Waals surface area (Å²) in [6.07, 6.45) is 7.78. The summed E-state index contributed by atoms with van der Waals surface area (Å²) in [6, 6.07) is 0.557. The van der Waals surface area contributed by atoms with Crippen LogP contribution < -0.4 is 5.32 Å². The minimum Gasteiger partial charge on any atom is -0.379 e. The second-order valence-corrected chi connectivity index (χ2v) is 8.86. The molecule has 0 amide bonds. The Hall–Kier alpha value is -0.940. The van der Waals surface area contributed by atoms with Crippen molar-refractivity contribution in [3.63, 3.8) is 0 Å². The number of aromatic nitrogens is 3.